The largest absolute Gasteiger partial charge is 0.437 e. The molecule has 31 heavy (non-hydrogen) atoms. The second-order valence-electron chi connectivity index (χ2n) is 7.52. The van der Waals surface area contributed by atoms with Crippen molar-refractivity contribution in [2.45, 2.75) is 19.4 Å². The number of rotatable bonds is 6. The van der Waals surface area contributed by atoms with Gasteiger partial charge in [0, 0.05) is 38.6 Å². The van der Waals surface area contributed by atoms with Gasteiger partial charge in [-0.1, -0.05) is 18.2 Å². The standard InChI is InChI=1S/C24H23BrFN3O2/c1-28(16-17-7-2-3-9-21(17)29-13-4-5-14-29)24(30)19-8-6-12-27-23(19)31-22-11-10-18(26)15-20(22)25/h2-3,6-12,15H,4-5,13-14,16H2,1H3. The highest BCUT2D eigenvalue weighted by Gasteiger charge is 2.21. The Balaban J connectivity index is 1.55. The Labute approximate surface area is 189 Å². The van der Waals surface area contributed by atoms with Crippen LogP contribution in [0.2, 0.25) is 0 Å². The number of hydrogen-bond acceptors (Lipinski definition) is 4. The SMILES string of the molecule is CN(Cc1ccccc1N1CCCC1)C(=O)c1cccnc1Oc1ccc(F)cc1Br. The Morgan fingerprint density at radius 3 is 2.71 bits per heavy atom. The number of ether oxygens (including phenoxy) is 1. The highest BCUT2D eigenvalue weighted by Crippen LogP contribution is 2.32. The summed E-state index contributed by atoms with van der Waals surface area (Å²) in [5.41, 5.74) is 2.63. The van der Waals surface area contributed by atoms with Crippen molar-refractivity contribution in [2.24, 2.45) is 0 Å². The molecule has 160 valence electrons. The highest BCUT2D eigenvalue weighted by atomic mass is 79.9. The van der Waals surface area contributed by atoms with Gasteiger partial charge in [-0.3, -0.25) is 4.79 Å². The average molecular weight is 484 g/mol. The molecule has 1 saturated heterocycles. The topological polar surface area (TPSA) is 45.7 Å². The summed E-state index contributed by atoms with van der Waals surface area (Å²) >= 11 is 3.29. The molecule has 0 bridgehead atoms. The lowest BCUT2D eigenvalue weighted by Gasteiger charge is -2.25. The lowest BCUT2D eigenvalue weighted by Crippen LogP contribution is -2.28. The van der Waals surface area contributed by atoms with Crippen LogP contribution >= 0.6 is 15.9 Å². The van der Waals surface area contributed by atoms with Crippen LogP contribution in [0.5, 0.6) is 11.6 Å². The van der Waals surface area contributed by atoms with Crippen LogP contribution in [0.4, 0.5) is 10.1 Å². The summed E-state index contributed by atoms with van der Waals surface area (Å²) in [6.07, 6.45) is 3.95. The summed E-state index contributed by atoms with van der Waals surface area (Å²) in [5, 5.41) is 0. The van der Waals surface area contributed by atoms with Crippen molar-refractivity contribution in [1.82, 2.24) is 9.88 Å². The quantitative estimate of drug-likeness (QED) is 0.454. The molecule has 0 saturated carbocycles. The number of carbonyl (C=O) groups is 1. The van der Waals surface area contributed by atoms with Gasteiger partial charge in [0.2, 0.25) is 5.88 Å². The molecule has 0 N–H and O–H groups in total. The van der Waals surface area contributed by atoms with Gasteiger partial charge in [-0.2, -0.15) is 0 Å². The van der Waals surface area contributed by atoms with Crippen LogP contribution in [-0.2, 0) is 6.54 Å². The molecule has 1 aliphatic heterocycles. The summed E-state index contributed by atoms with van der Waals surface area (Å²) < 4.78 is 19.7. The molecule has 4 rings (SSSR count). The molecule has 0 unspecified atom stereocenters. The summed E-state index contributed by atoms with van der Waals surface area (Å²) in [6.45, 7) is 2.56. The normalized spacial score (nSPS) is 13.3. The maximum atomic E-state index is 13.4. The van der Waals surface area contributed by atoms with Gasteiger partial charge in [-0.25, -0.2) is 9.37 Å². The zero-order valence-corrected chi connectivity index (χ0v) is 18.8. The first-order chi connectivity index (χ1) is 15.0. The van der Waals surface area contributed by atoms with Gasteiger partial charge in [-0.05, 0) is 70.7 Å². The number of nitrogens with zero attached hydrogens (tertiary/aromatic N) is 3. The highest BCUT2D eigenvalue weighted by molar-refractivity contribution is 9.10. The van der Waals surface area contributed by atoms with E-state index in [1.807, 2.05) is 12.1 Å². The van der Waals surface area contributed by atoms with Gasteiger partial charge in [0.1, 0.15) is 17.1 Å². The summed E-state index contributed by atoms with van der Waals surface area (Å²) in [5.74, 6) is -0.0128. The van der Waals surface area contributed by atoms with E-state index >= 15 is 0 Å². The van der Waals surface area contributed by atoms with Gasteiger partial charge in [0.25, 0.3) is 5.91 Å². The summed E-state index contributed by atoms with van der Waals surface area (Å²) in [6, 6.07) is 15.7. The van der Waals surface area contributed by atoms with Crippen LogP contribution in [0.3, 0.4) is 0 Å². The van der Waals surface area contributed by atoms with E-state index in [-0.39, 0.29) is 17.6 Å². The van der Waals surface area contributed by atoms with Crippen LogP contribution in [0, 0.1) is 5.82 Å². The number of hydrogen-bond donors (Lipinski definition) is 0. The third kappa shape index (κ3) is 4.88. The van der Waals surface area contributed by atoms with E-state index in [9.17, 15) is 9.18 Å². The molecular weight excluding hydrogens is 461 g/mol. The second kappa shape index (κ2) is 9.47. The van der Waals surface area contributed by atoms with Gasteiger partial charge in [0.15, 0.2) is 0 Å². The van der Waals surface area contributed by atoms with Crippen molar-refractivity contribution < 1.29 is 13.9 Å². The third-order valence-electron chi connectivity index (χ3n) is 5.29. The van der Waals surface area contributed by atoms with E-state index in [4.69, 9.17) is 4.74 Å². The first-order valence-electron chi connectivity index (χ1n) is 10.2. The van der Waals surface area contributed by atoms with Crippen LogP contribution in [-0.4, -0.2) is 35.9 Å². The molecule has 0 spiro atoms. The van der Waals surface area contributed by atoms with Gasteiger partial charge < -0.3 is 14.5 Å². The molecule has 0 atom stereocenters. The van der Waals surface area contributed by atoms with E-state index < -0.39 is 0 Å². The molecule has 0 aliphatic carbocycles. The molecule has 2 heterocycles. The Morgan fingerprint density at radius 1 is 1.16 bits per heavy atom. The van der Waals surface area contributed by atoms with Crippen molar-refractivity contribution in [2.75, 3.05) is 25.0 Å². The maximum Gasteiger partial charge on any atom is 0.259 e. The molecule has 7 heteroatoms. The number of aromatic nitrogens is 1. The molecule has 2 aromatic carbocycles. The van der Waals surface area contributed by atoms with Crippen LogP contribution < -0.4 is 9.64 Å². The van der Waals surface area contributed by atoms with Gasteiger partial charge in [0.05, 0.1) is 4.47 Å². The molecule has 1 amide bonds. The first kappa shape index (κ1) is 21.3. The summed E-state index contributed by atoms with van der Waals surface area (Å²) in [7, 11) is 1.77. The van der Waals surface area contributed by atoms with E-state index in [0.717, 1.165) is 18.7 Å². The maximum absolute atomic E-state index is 13.4. The minimum absolute atomic E-state index is 0.180. The number of carbonyl (C=O) groups excluding carboxylic acids is 1. The summed E-state index contributed by atoms with van der Waals surface area (Å²) in [4.78, 5) is 21.5. The Morgan fingerprint density at radius 2 is 1.94 bits per heavy atom. The Hall–Kier alpha value is -2.93. The fourth-order valence-corrected chi connectivity index (χ4v) is 4.17. The average Bonchev–Trinajstić information content (AvgIpc) is 3.31. The van der Waals surface area contributed by atoms with E-state index in [1.165, 1.54) is 36.7 Å². The molecule has 1 aromatic heterocycles. The monoisotopic (exact) mass is 483 g/mol. The van der Waals surface area contributed by atoms with Gasteiger partial charge >= 0.3 is 0 Å². The van der Waals surface area contributed by atoms with Crippen LogP contribution in [0.25, 0.3) is 0 Å². The number of para-hydroxylation sites is 1. The second-order valence-corrected chi connectivity index (χ2v) is 8.37. The first-order valence-corrected chi connectivity index (χ1v) is 11.0. The van der Waals surface area contributed by atoms with E-state index in [2.05, 4.69) is 37.9 Å². The van der Waals surface area contributed by atoms with Crippen molar-refractivity contribution in [3.8, 4) is 11.6 Å². The Bertz CT molecular complexity index is 1090. The van der Waals surface area contributed by atoms with E-state index in [0.29, 0.717) is 22.3 Å². The number of pyridine rings is 1. The van der Waals surface area contributed by atoms with Gasteiger partial charge in [-0.15, -0.1) is 0 Å². The molecule has 1 fully saturated rings. The van der Waals surface area contributed by atoms with Crippen molar-refractivity contribution in [3.63, 3.8) is 0 Å². The fraction of sp³-hybridized carbons (Fsp3) is 0.250. The predicted molar refractivity (Wildman–Crippen MR) is 122 cm³/mol. The minimum Gasteiger partial charge on any atom is -0.437 e. The number of anilines is 1. The lowest BCUT2D eigenvalue weighted by atomic mass is 10.1. The minimum atomic E-state index is -0.382. The molecule has 3 aromatic rings. The number of amides is 1. The Kier molecular flexibility index (Phi) is 6.51. The molecule has 0 radical (unpaired) electrons. The number of halogens is 2. The van der Waals surface area contributed by atoms with E-state index in [1.54, 1.807) is 30.3 Å². The van der Waals surface area contributed by atoms with Crippen LogP contribution in [0.15, 0.2) is 65.3 Å². The van der Waals surface area contributed by atoms with Crippen molar-refractivity contribution in [3.05, 3.63) is 82.2 Å². The zero-order chi connectivity index (χ0) is 21.8. The molecule has 5 nitrogen and oxygen atoms in total. The fourth-order valence-electron chi connectivity index (χ4n) is 3.74. The molecular formula is C24H23BrFN3O2. The van der Waals surface area contributed by atoms with Crippen molar-refractivity contribution >= 4 is 27.5 Å². The van der Waals surface area contributed by atoms with Crippen molar-refractivity contribution in [1.29, 1.82) is 0 Å². The predicted octanol–water partition coefficient (Wildman–Crippen LogP) is 5.65. The third-order valence-corrected chi connectivity index (χ3v) is 5.91. The lowest BCUT2D eigenvalue weighted by molar-refractivity contribution is 0.0782. The molecule has 1 aliphatic rings. The smallest absolute Gasteiger partial charge is 0.259 e. The van der Waals surface area contributed by atoms with Crippen LogP contribution in [0.1, 0.15) is 28.8 Å². The zero-order valence-electron chi connectivity index (χ0n) is 17.2. The number of benzene rings is 2.